The van der Waals surface area contributed by atoms with Crippen molar-refractivity contribution < 1.29 is 17.9 Å². The quantitative estimate of drug-likeness (QED) is 0.698. The molecule has 1 aromatic carbocycles. The van der Waals surface area contributed by atoms with Gasteiger partial charge in [0.05, 0.1) is 29.6 Å². The van der Waals surface area contributed by atoms with Crippen LogP contribution < -0.4 is 5.32 Å². The second-order valence-corrected chi connectivity index (χ2v) is 11.5. The highest BCUT2D eigenvalue weighted by atomic mass is 32.2. The van der Waals surface area contributed by atoms with E-state index in [-0.39, 0.29) is 16.4 Å². The Morgan fingerprint density at radius 3 is 2.31 bits per heavy atom. The Bertz CT molecular complexity index is 1010. The van der Waals surface area contributed by atoms with Gasteiger partial charge in [-0.1, -0.05) is 32.9 Å². The maximum atomic E-state index is 12.2. The van der Waals surface area contributed by atoms with Crippen molar-refractivity contribution in [2.75, 3.05) is 37.8 Å². The van der Waals surface area contributed by atoms with Gasteiger partial charge < -0.3 is 15.0 Å². The van der Waals surface area contributed by atoms with Crippen LogP contribution in [-0.4, -0.2) is 61.9 Å². The van der Waals surface area contributed by atoms with Gasteiger partial charge in [0.25, 0.3) is 0 Å². The van der Waals surface area contributed by atoms with Crippen LogP contribution in [-0.2, 0) is 14.6 Å². The first-order chi connectivity index (χ1) is 15.0. The van der Waals surface area contributed by atoms with Crippen LogP contribution in [0.4, 0.5) is 10.6 Å². The molecule has 0 atom stereocenters. The summed E-state index contributed by atoms with van der Waals surface area (Å²) in [4.78, 5) is 23.1. The van der Waals surface area contributed by atoms with Gasteiger partial charge in [0.2, 0.25) is 0 Å². The van der Waals surface area contributed by atoms with E-state index in [0.29, 0.717) is 37.1 Å². The van der Waals surface area contributed by atoms with Crippen molar-refractivity contribution in [2.45, 2.75) is 38.5 Å². The molecule has 0 radical (unpaired) electrons. The largest absolute Gasteiger partial charge is 0.449 e. The zero-order chi connectivity index (χ0) is 23.4. The van der Waals surface area contributed by atoms with E-state index >= 15 is 0 Å². The summed E-state index contributed by atoms with van der Waals surface area (Å²) in [5.74, 6) is 1.14. The van der Waals surface area contributed by atoms with Crippen molar-refractivity contribution >= 4 is 21.7 Å². The Kier molecular flexibility index (Phi) is 7.38. The number of ether oxygens (including phenoxy) is 1. The SMILES string of the molecule is CC(C)(C)COC(=O)N1CCC(CNc2cnc(-c3ccc(S(C)(=O)=O)cc3)cn2)CC1. The first kappa shape index (κ1) is 24.0. The average Bonchev–Trinajstić information content (AvgIpc) is 2.76. The standard InChI is InChI=1S/C23H32N4O4S/c1-23(2,3)16-31-22(28)27-11-9-17(10-12-27)13-25-21-15-24-20(14-26-21)18-5-7-19(8-6-18)32(4,29)30/h5-8,14-15,17H,9-13,16H2,1-4H3,(H,25,26). The molecule has 0 bridgehead atoms. The Labute approximate surface area is 190 Å². The fourth-order valence-electron chi connectivity index (χ4n) is 3.38. The van der Waals surface area contributed by atoms with Gasteiger partial charge in [0, 0.05) is 31.5 Å². The maximum Gasteiger partial charge on any atom is 0.409 e. The average molecular weight is 461 g/mol. The van der Waals surface area contributed by atoms with Crippen LogP contribution in [0.15, 0.2) is 41.6 Å². The molecule has 0 saturated carbocycles. The number of hydrogen-bond acceptors (Lipinski definition) is 7. The summed E-state index contributed by atoms with van der Waals surface area (Å²) in [6.07, 6.45) is 6.14. The monoisotopic (exact) mass is 460 g/mol. The first-order valence-corrected chi connectivity index (χ1v) is 12.7. The smallest absolute Gasteiger partial charge is 0.409 e. The first-order valence-electron chi connectivity index (χ1n) is 10.8. The molecular weight excluding hydrogens is 428 g/mol. The lowest BCUT2D eigenvalue weighted by Gasteiger charge is -2.32. The molecule has 1 fully saturated rings. The van der Waals surface area contributed by atoms with E-state index in [2.05, 4.69) is 15.3 Å². The summed E-state index contributed by atoms with van der Waals surface area (Å²) in [6.45, 7) is 8.71. The lowest BCUT2D eigenvalue weighted by molar-refractivity contribution is 0.0627. The minimum Gasteiger partial charge on any atom is -0.449 e. The zero-order valence-corrected chi connectivity index (χ0v) is 20.0. The number of likely N-dealkylation sites (tertiary alicyclic amines) is 1. The number of aromatic nitrogens is 2. The molecule has 3 rings (SSSR count). The van der Waals surface area contributed by atoms with E-state index in [9.17, 15) is 13.2 Å². The van der Waals surface area contributed by atoms with Gasteiger partial charge in [0.15, 0.2) is 9.84 Å². The Hall–Kier alpha value is -2.68. The Morgan fingerprint density at radius 2 is 1.78 bits per heavy atom. The molecule has 1 N–H and O–H groups in total. The number of carbonyl (C=O) groups excluding carboxylic acids is 1. The number of sulfone groups is 1. The summed E-state index contributed by atoms with van der Waals surface area (Å²) in [7, 11) is -3.22. The molecule has 8 nitrogen and oxygen atoms in total. The van der Waals surface area contributed by atoms with Crippen molar-refractivity contribution in [1.82, 2.24) is 14.9 Å². The van der Waals surface area contributed by atoms with Crippen molar-refractivity contribution in [2.24, 2.45) is 11.3 Å². The highest BCUT2D eigenvalue weighted by molar-refractivity contribution is 7.90. The molecule has 174 valence electrons. The van der Waals surface area contributed by atoms with Crippen LogP contribution in [0.2, 0.25) is 0 Å². The third kappa shape index (κ3) is 6.91. The molecule has 1 amide bonds. The maximum absolute atomic E-state index is 12.2. The third-order valence-corrected chi connectivity index (χ3v) is 6.43. The minimum absolute atomic E-state index is 0.0336. The summed E-state index contributed by atoms with van der Waals surface area (Å²) in [5.41, 5.74) is 1.45. The molecule has 32 heavy (non-hydrogen) atoms. The lowest BCUT2D eigenvalue weighted by Crippen LogP contribution is -2.41. The van der Waals surface area contributed by atoms with Crippen LogP contribution >= 0.6 is 0 Å². The topological polar surface area (TPSA) is 101 Å². The van der Waals surface area contributed by atoms with Crippen molar-refractivity contribution in [3.63, 3.8) is 0 Å². The van der Waals surface area contributed by atoms with Crippen LogP contribution in [0.25, 0.3) is 11.3 Å². The second-order valence-electron chi connectivity index (χ2n) is 9.51. The molecule has 1 aliphatic heterocycles. The summed E-state index contributed by atoms with van der Waals surface area (Å²) in [5, 5.41) is 3.32. The molecule has 2 aromatic rings. The number of benzene rings is 1. The summed E-state index contributed by atoms with van der Waals surface area (Å²) < 4.78 is 28.6. The van der Waals surface area contributed by atoms with Gasteiger partial charge in [-0.2, -0.15) is 0 Å². The van der Waals surface area contributed by atoms with Crippen LogP contribution in [0.5, 0.6) is 0 Å². The molecular formula is C23H32N4O4S. The highest BCUT2D eigenvalue weighted by Crippen LogP contribution is 2.22. The van der Waals surface area contributed by atoms with Gasteiger partial charge in [-0.25, -0.2) is 18.2 Å². The van der Waals surface area contributed by atoms with E-state index in [1.807, 2.05) is 20.8 Å². The van der Waals surface area contributed by atoms with Crippen LogP contribution in [0.1, 0.15) is 33.6 Å². The van der Waals surface area contributed by atoms with Gasteiger partial charge in [-0.3, -0.25) is 4.98 Å². The van der Waals surface area contributed by atoms with E-state index in [1.165, 1.54) is 6.26 Å². The van der Waals surface area contributed by atoms with Gasteiger partial charge in [-0.05, 0) is 36.3 Å². The van der Waals surface area contributed by atoms with E-state index in [4.69, 9.17) is 4.74 Å². The highest BCUT2D eigenvalue weighted by Gasteiger charge is 2.25. The molecule has 0 spiro atoms. The van der Waals surface area contributed by atoms with Crippen LogP contribution in [0.3, 0.4) is 0 Å². The predicted molar refractivity (Wildman–Crippen MR) is 124 cm³/mol. The number of nitrogens with zero attached hydrogens (tertiary/aromatic N) is 3. The number of nitrogens with one attached hydrogen (secondary N) is 1. The molecule has 1 saturated heterocycles. The van der Waals surface area contributed by atoms with E-state index in [1.54, 1.807) is 41.6 Å². The number of rotatable bonds is 6. The Morgan fingerprint density at radius 1 is 1.12 bits per heavy atom. The van der Waals surface area contributed by atoms with Crippen molar-refractivity contribution in [3.8, 4) is 11.3 Å². The summed E-state index contributed by atoms with van der Waals surface area (Å²) in [6, 6.07) is 6.61. The Balaban J connectivity index is 1.45. The zero-order valence-electron chi connectivity index (χ0n) is 19.2. The van der Waals surface area contributed by atoms with Crippen molar-refractivity contribution in [1.29, 1.82) is 0 Å². The lowest BCUT2D eigenvalue weighted by atomic mass is 9.97. The predicted octanol–water partition coefficient (Wildman–Crippen LogP) is 3.85. The van der Waals surface area contributed by atoms with Crippen molar-refractivity contribution in [3.05, 3.63) is 36.7 Å². The fraction of sp³-hybridized carbons (Fsp3) is 0.522. The van der Waals surface area contributed by atoms with Crippen LogP contribution in [0, 0.1) is 11.3 Å². The van der Waals surface area contributed by atoms with E-state index in [0.717, 1.165) is 24.9 Å². The van der Waals surface area contributed by atoms with Gasteiger partial charge in [-0.15, -0.1) is 0 Å². The number of amides is 1. The minimum atomic E-state index is -3.22. The van der Waals surface area contributed by atoms with Gasteiger partial charge >= 0.3 is 6.09 Å². The number of hydrogen-bond donors (Lipinski definition) is 1. The number of piperidine rings is 1. The summed E-state index contributed by atoms with van der Waals surface area (Å²) >= 11 is 0. The second kappa shape index (κ2) is 9.85. The van der Waals surface area contributed by atoms with E-state index < -0.39 is 9.84 Å². The fourth-order valence-corrected chi connectivity index (χ4v) is 4.01. The molecule has 2 heterocycles. The van der Waals surface area contributed by atoms with Gasteiger partial charge in [0.1, 0.15) is 5.82 Å². The number of carbonyl (C=O) groups is 1. The molecule has 1 aliphatic rings. The third-order valence-electron chi connectivity index (χ3n) is 5.30. The molecule has 9 heteroatoms. The molecule has 1 aromatic heterocycles. The number of anilines is 1. The molecule has 0 unspecified atom stereocenters. The normalized spacial score (nSPS) is 15.4. The molecule has 0 aliphatic carbocycles.